The van der Waals surface area contributed by atoms with Gasteiger partial charge in [-0.1, -0.05) is 13.8 Å². The van der Waals surface area contributed by atoms with E-state index in [0.717, 1.165) is 44.8 Å². The summed E-state index contributed by atoms with van der Waals surface area (Å²) in [6.45, 7) is 7.72. The molecule has 0 aromatic carbocycles. The molecule has 5 nitrogen and oxygen atoms in total. The Hall–Kier alpha value is -1.62. The molecule has 1 atom stereocenters. The van der Waals surface area contributed by atoms with Crippen molar-refractivity contribution in [2.75, 3.05) is 38.5 Å². The van der Waals surface area contributed by atoms with Crippen molar-refractivity contribution < 1.29 is 4.79 Å². The second kappa shape index (κ2) is 7.41. The molecule has 1 N–H and O–H groups in total. The van der Waals surface area contributed by atoms with Gasteiger partial charge in [0.15, 0.2) is 0 Å². The van der Waals surface area contributed by atoms with Crippen LogP contribution in [0.3, 0.4) is 0 Å². The van der Waals surface area contributed by atoms with E-state index in [0.29, 0.717) is 11.6 Å². The summed E-state index contributed by atoms with van der Waals surface area (Å²) in [7, 11) is 2.13. The first kappa shape index (κ1) is 15.8. The van der Waals surface area contributed by atoms with Crippen LogP contribution in [0.4, 0.5) is 5.82 Å². The summed E-state index contributed by atoms with van der Waals surface area (Å²) >= 11 is 0. The molecule has 1 unspecified atom stereocenters. The van der Waals surface area contributed by atoms with E-state index in [1.807, 2.05) is 17.0 Å². The van der Waals surface area contributed by atoms with Gasteiger partial charge in [0.25, 0.3) is 5.91 Å². The van der Waals surface area contributed by atoms with Crippen LogP contribution in [-0.2, 0) is 0 Å². The number of likely N-dealkylation sites (N-methyl/N-ethyl adjacent to an activating group) is 1. The van der Waals surface area contributed by atoms with Gasteiger partial charge < -0.3 is 10.2 Å². The first-order valence-corrected chi connectivity index (χ1v) is 7.85. The van der Waals surface area contributed by atoms with Gasteiger partial charge in [0, 0.05) is 38.4 Å². The van der Waals surface area contributed by atoms with Crippen molar-refractivity contribution in [3.63, 3.8) is 0 Å². The summed E-state index contributed by atoms with van der Waals surface area (Å²) < 4.78 is 0. The lowest BCUT2D eigenvalue weighted by atomic mass is 10.1. The van der Waals surface area contributed by atoms with Crippen LogP contribution in [0.15, 0.2) is 18.3 Å². The van der Waals surface area contributed by atoms with E-state index < -0.39 is 0 Å². The third-order valence-corrected chi connectivity index (χ3v) is 4.10. The summed E-state index contributed by atoms with van der Waals surface area (Å²) in [5.74, 6) is 0.925. The molecule has 1 saturated heterocycles. The number of piperazine rings is 1. The van der Waals surface area contributed by atoms with Gasteiger partial charge in [-0.25, -0.2) is 4.98 Å². The lowest BCUT2D eigenvalue weighted by Crippen LogP contribution is -2.52. The van der Waals surface area contributed by atoms with Crippen molar-refractivity contribution >= 4 is 11.7 Å². The van der Waals surface area contributed by atoms with Gasteiger partial charge in [-0.2, -0.15) is 0 Å². The molecule has 0 aliphatic carbocycles. The maximum Gasteiger partial charge on any atom is 0.255 e. The van der Waals surface area contributed by atoms with Gasteiger partial charge in [0.05, 0.1) is 5.56 Å². The standard InChI is InChI=1S/C16H26N4O/c1-4-8-17-15-7-6-13(11-18-15)16(21)20-10-9-19(3)14(5-2)12-20/h6-7,11,14H,4-5,8-10,12H2,1-3H3,(H,17,18). The van der Waals surface area contributed by atoms with E-state index in [9.17, 15) is 4.79 Å². The number of aromatic nitrogens is 1. The molecule has 5 heteroatoms. The first-order valence-electron chi connectivity index (χ1n) is 7.85. The average Bonchev–Trinajstić information content (AvgIpc) is 2.53. The number of pyridine rings is 1. The molecule has 2 heterocycles. The minimum atomic E-state index is 0.0936. The van der Waals surface area contributed by atoms with Crippen LogP contribution < -0.4 is 5.32 Å². The highest BCUT2D eigenvalue weighted by molar-refractivity contribution is 5.94. The van der Waals surface area contributed by atoms with Crippen molar-refractivity contribution in [1.82, 2.24) is 14.8 Å². The van der Waals surface area contributed by atoms with E-state index in [4.69, 9.17) is 0 Å². The van der Waals surface area contributed by atoms with Crippen LogP contribution in [0.1, 0.15) is 37.0 Å². The van der Waals surface area contributed by atoms with E-state index in [-0.39, 0.29) is 5.91 Å². The molecule has 1 aromatic heterocycles. The predicted octanol–water partition coefficient (Wildman–Crippen LogP) is 2.07. The quantitative estimate of drug-likeness (QED) is 0.902. The van der Waals surface area contributed by atoms with Gasteiger partial charge in [0.1, 0.15) is 5.82 Å². The van der Waals surface area contributed by atoms with E-state index in [1.54, 1.807) is 6.20 Å². The highest BCUT2D eigenvalue weighted by Crippen LogP contribution is 2.14. The van der Waals surface area contributed by atoms with Crippen LogP contribution in [0, 0.1) is 0 Å². The summed E-state index contributed by atoms with van der Waals surface area (Å²) in [6, 6.07) is 4.21. The Morgan fingerprint density at radius 1 is 1.38 bits per heavy atom. The van der Waals surface area contributed by atoms with E-state index in [2.05, 4.69) is 36.1 Å². The number of hydrogen-bond acceptors (Lipinski definition) is 4. The number of carbonyl (C=O) groups is 1. The zero-order valence-electron chi connectivity index (χ0n) is 13.3. The van der Waals surface area contributed by atoms with Crippen molar-refractivity contribution in [1.29, 1.82) is 0 Å². The van der Waals surface area contributed by atoms with Crippen molar-refractivity contribution in [3.05, 3.63) is 23.9 Å². The molecule has 1 aliphatic heterocycles. The third kappa shape index (κ3) is 3.94. The van der Waals surface area contributed by atoms with Crippen molar-refractivity contribution in [2.45, 2.75) is 32.7 Å². The van der Waals surface area contributed by atoms with Crippen molar-refractivity contribution in [3.8, 4) is 0 Å². The fourth-order valence-electron chi connectivity index (χ4n) is 2.63. The maximum absolute atomic E-state index is 12.5. The molecule has 2 rings (SSSR count). The van der Waals surface area contributed by atoms with Gasteiger partial charge in [0.2, 0.25) is 0 Å². The Kier molecular flexibility index (Phi) is 5.56. The van der Waals surface area contributed by atoms with Crippen LogP contribution in [-0.4, -0.2) is 60.0 Å². The van der Waals surface area contributed by atoms with Gasteiger partial charge >= 0.3 is 0 Å². The molecular formula is C16H26N4O. The Balaban J connectivity index is 1.99. The van der Waals surface area contributed by atoms with Crippen LogP contribution >= 0.6 is 0 Å². The fourth-order valence-corrected chi connectivity index (χ4v) is 2.63. The molecule has 1 fully saturated rings. The van der Waals surface area contributed by atoms with Crippen molar-refractivity contribution in [2.24, 2.45) is 0 Å². The van der Waals surface area contributed by atoms with Crippen LogP contribution in [0.5, 0.6) is 0 Å². The van der Waals surface area contributed by atoms with E-state index in [1.165, 1.54) is 0 Å². The summed E-state index contributed by atoms with van der Waals surface area (Å²) in [5.41, 5.74) is 0.677. The normalized spacial score (nSPS) is 19.6. The zero-order valence-corrected chi connectivity index (χ0v) is 13.3. The Bertz CT molecular complexity index is 460. The smallest absolute Gasteiger partial charge is 0.255 e. The molecular weight excluding hydrogens is 264 g/mol. The van der Waals surface area contributed by atoms with Crippen LogP contribution in [0.2, 0.25) is 0 Å². The van der Waals surface area contributed by atoms with Gasteiger partial charge in [-0.05, 0) is 32.0 Å². The summed E-state index contributed by atoms with van der Waals surface area (Å²) in [4.78, 5) is 21.1. The largest absolute Gasteiger partial charge is 0.370 e. The number of hydrogen-bond donors (Lipinski definition) is 1. The van der Waals surface area contributed by atoms with Crippen LogP contribution in [0.25, 0.3) is 0 Å². The first-order chi connectivity index (χ1) is 10.2. The Morgan fingerprint density at radius 3 is 2.81 bits per heavy atom. The monoisotopic (exact) mass is 290 g/mol. The minimum Gasteiger partial charge on any atom is -0.370 e. The number of rotatable bonds is 5. The second-order valence-electron chi connectivity index (χ2n) is 5.65. The molecule has 0 saturated carbocycles. The number of anilines is 1. The van der Waals surface area contributed by atoms with Gasteiger partial charge in [-0.3, -0.25) is 9.69 Å². The molecule has 21 heavy (non-hydrogen) atoms. The molecule has 0 bridgehead atoms. The fraction of sp³-hybridized carbons (Fsp3) is 0.625. The van der Waals surface area contributed by atoms with Gasteiger partial charge in [-0.15, -0.1) is 0 Å². The Morgan fingerprint density at radius 2 is 2.19 bits per heavy atom. The average molecular weight is 290 g/mol. The number of carbonyl (C=O) groups excluding carboxylic acids is 1. The second-order valence-corrected chi connectivity index (χ2v) is 5.65. The number of nitrogens with one attached hydrogen (secondary N) is 1. The molecule has 1 aliphatic rings. The Labute approximate surface area is 127 Å². The zero-order chi connectivity index (χ0) is 15.2. The topological polar surface area (TPSA) is 48.5 Å². The molecule has 116 valence electrons. The maximum atomic E-state index is 12.5. The summed E-state index contributed by atoms with van der Waals surface area (Å²) in [5, 5.41) is 3.22. The van der Waals surface area contributed by atoms with E-state index >= 15 is 0 Å². The molecule has 0 radical (unpaired) electrons. The predicted molar refractivity (Wildman–Crippen MR) is 85.6 cm³/mol. The lowest BCUT2D eigenvalue weighted by Gasteiger charge is -2.39. The molecule has 1 amide bonds. The third-order valence-electron chi connectivity index (χ3n) is 4.10. The lowest BCUT2D eigenvalue weighted by molar-refractivity contribution is 0.0541. The highest BCUT2D eigenvalue weighted by atomic mass is 16.2. The SMILES string of the molecule is CCCNc1ccc(C(=O)N2CCN(C)C(CC)C2)cn1. The number of nitrogens with zero attached hydrogens (tertiary/aromatic N) is 3. The number of amides is 1. The minimum absolute atomic E-state index is 0.0936. The highest BCUT2D eigenvalue weighted by Gasteiger charge is 2.26. The molecule has 1 aromatic rings. The molecule has 0 spiro atoms. The summed E-state index contributed by atoms with van der Waals surface area (Å²) in [6.07, 6.45) is 3.81.